The van der Waals surface area contributed by atoms with Gasteiger partial charge in [-0.05, 0) is 25.5 Å². The molecule has 1 heterocycles. The normalized spacial score (nSPS) is 22.2. The minimum Gasteiger partial charge on any atom is -0.374 e. The number of rotatable bonds is 4. The Kier molecular flexibility index (Phi) is 5.66. The van der Waals surface area contributed by atoms with E-state index in [4.69, 9.17) is 33.8 Å². The van der Waals surface area contributed by atoms with Crippen LogP contribution in [-0.4, -0.2) is 36.7 Å². The maximum absolute atomic E-state index is 6.29. The number of benzene rings is 1. The number of hydrogen-bond donors (Lipinski definition) is 2. The van der Waals surface area contributed by atoms with Crippen molar-refractivity contribution in [3.8, 4) is 0 Å². The van der Waals surface area contributed by atoms with Gasteiger partial charge in [-0.15, -0.1) is 0 Å². The van der Waals surface area contributed by atoms with Crippen LogP contribution in [0.2, 0.25) is 10.0 Å². The minimum absolute atomic E-state index is 0.0490. The van der Waals surface area contributed by atoms with Gasteiger partial charge in [-0.1, -0.05) is 35.3 Å². The predicted molar refractivity (Wildman–Crippen MR) is 83.0 cm³/mol. The van der Waals surface area contributed by atoms with E-state index in [9.17, 15) is 0 Å². The van der Waals surface area contributed by atoms with Gasteiger partial charge in [0.05, 0.1) is 28.8 Å². The van der Waals surface area contributed by atoms with Crippen LogP contribution in [0.3, 0.4) is 0 Å². The quantitative estimate of drug-likeness (QED) is 0.662. The summed E-state index contributed by atoms with van der Waals surface area (Å²) >= 11 is 12.4. The Labute approximate surface area is 130 Å². The van der Waals surface area contributed by atoms with Gasteiger partial charge in [-0.25, -0.2) is 0 Å². The third-order valence-corrected chi connectivity index (χ3v) is 4.56. The van der Waals surface area contributed by atoms with Crippen molar-refractivity contribution in [1.29, 1.82) is 0 Å². The smallest absolute Gasteiger partial charge is 0.0910 e. The second-order valence-electron chi connectivity index (χ2n) is 5.29. The lowest BCUT2D eigenvalue weighted by Crippen LogP contribution is -2.51. The summed E-state index contributed by atoms with van der Waals surface area (Å²) in [4.78, 5) is 2.37. The number of nitrogens with two attached hydrogens (primary N) is 1. The van der Waals surface area contributed by atoms with Crippen molar-refractivity contribution in [2.24, 2.45) is 5.84 Å². The molecule has 1 aliphatic rings. The Morgan fingerprint density at radius 2 is 2.15 bits per heavy atom. The number of hydrogen-bond acceptors (Lipinski definition) is 4. The largest absolute Gasteiger partial charge is 0.374 e. The number of morpholine rings is 1. The van der Waals surface area contributed by atoms with Gasteiger partial charge in [0.1, 0.15) is 0 Å². The number of ether oxygens (including phenoxy) is 1. The molecule has 0 spiro atoms. The van der Waals surface area contributed by atoms with Crippen molar-refractivity contribution in [2.45, 2.75) is 32.0 Å². The lowest BCUT2D eigenvalue weighted by molar-refractivity contribution is -0.0561. The molecule has 1 fully saturated rings. The Balaban J connectivity index is 2.21. The summed E-state index contributed by atoms with van der Waals surface area (Å²) in [6.07, 6.45) is -0.0490. The van der Waals surface area contributed by atoms with E-state index >= 15 is 0 Å². The van der Waals surface area contributed by atoms with Crippen LogP contribution < -0.4 is 11.3 Å². The summed E-state index contributed by atoms with van der Waals surface area (Å²) in [6, 6.07) is 5.87. The number of hydrazine groups is 1. The van der Waals surface area contributed by atoms with Crippen molar-refractivity contribution in [3.05, 3.63) is 33.8 Å². The van der Waals surface area contributed by atoms with Crippen LogP contribution >= 0.6 is 23.2 Å². The Morgan fingerprint density at radius 1 is 1.40 bits per heavy atom. The zero-order valence-corrected chi connectivity index (χ0v) is 13.3. The molecule has 1 aromatic carbocycles. The lowest BCUT2D eigenvalue weighted by atomic mass is 10.00. The van der Waals surface area contributed by atoms with E-state index < -0.39 is 0 Å². The standard InChI is InChI=1S/C14H21Cl2N3O/c1-9(2)19-6-7-20-12(8-19)14(18-17)10-4-3-5-11(15)13(10)16/h3-5,9,12,14,18H,6-8,17H2,1-2H3. The molecule has 3 N–H and O–H groups in total. The second kappa shape index (κ2) is 7.07. The maximum atomic E-state index is 6.29. The van der Waals surface area contributed by atoms with E-state index in [0.29, 0.717) is 22.7 Å². The van der Waals surface area contributed by atoms with Crippen LogP contribution in [0.15, 0.2) is 18.2 Å². The number of halogens is 2. The topological polar surface area (TPSA) is 50.5 Å². The van der Waals surface area contributed by atoms with Crippen molar-refractivity contribution in [3.63, 3.8) is 0 Å². The number of nitrogens with one attached hydrogen (secondary N) is 1. The van der Waals surface area contributed by atoms with E-state index in [1.807, 2.05) is 12.1 Å². The molecule has 0 amide bonds. The summed E-state index contributed by atoms with van der Waals surface area (Å²) < 4.78 is 5.87. The summed E-state index contributed by atoms with van der Waals surface area (Å²) in [7, 11) is 0. The molecule has 0 aliphatic carbocycles. The lowest BCUT2D eigenvalue weighted by Gasteiger charge is -2.39. The minimum atomic E-state index is -0.178. The average Bonchev–Trinajstić information content (AvgIpc) is 2.44. The van der Waals surface area contributed by atoms with Gasteiger partial charge in [-0.3, -0.25) is 16.2 Å². The molecular formula is C14H21Cl2N3O. The van der Waals surface area contributed by atoms with Gasteiger partial charge in [0.25, 0.3) is 0 Å². The first-order chi connectivity index (χ1) is 9.54. The van der Waals surface area contributed by atoms with Gasteiger partial charge >= 0.3 is 0 Å². The van der Waals surface area contributed by atoms with E-state index in [2.05, 4.69) is 24.2 Å². The summed E-state index contributed by atoms with van der Waals surface area (Å²) in [6.45, 7) is 6.81. The van der Waals surface area contributed by atoms with Gasteiger partial charge in [-0.2, -0.15) is 0 Å². The zero-order chi connectivity index (χ0) is 14.7. The van der Waals surface area contributed by atoms with E-state index in [1.165, 1.54) is 0 Å². The molecule has 6 heteroatoms. The van der Waals surface area contributed by atoms with E-state index in [-0.39, 0.29) is 12.1 Å². The highest BCUT2D eigenvalue weighted by molar-refractivity contribution is 6.42. The van der Waals surface area contributed by atoms with Crippen LogP contribution in [0.1, 0.15) is 25.5 Å². The van der Waals surface area contributed by atoms with Gasteiger partial charge in [0.15, 0.2) is 0 Å². The Hall–Kier alpha value is -0.360. The molecular weight excluding hydrogens is 297 g/mol. The Bertz CT molecular complexity index is 456. The van der Waals surface area contributed by atoms with E-state index in [1.54, 1.807) is 6.07 Å². The predicted octanol–water partition coefficient (Wildman–Crippen LogP) is 2.61. The van der Waals surface area contributed by atoms with Crippen molar-refractivity contribution >= 4 is 23.2 Å². The Morgan fingerprint density at radius 3 is 2.80 bits per heavy atom. The summed E-state index contributed by atoms with van der Waals surface area (Å²) in [5, 5.41) is 1.06. The number of nitrogens with zero attached hydrogens (tertiary/aromatic N) is 1. The van der Waals surface area contributed by atoms with Gasteiger partial charge in [0.2, 0.25) is 0 Å². The highest BCUT2D eigenvalue weighted by Crippen LogP contribution is 2.32. The van der Waals surface area contributed by atoms with Gasteiger partial charge in [0, 0.05) is 19.1 Å². The SMILES string of the molecule is CC(C)N1CCOC(C(NN)c2cccc(Cl)c2Cl)C1. The summed E-state index contributed by atoms with van der Waals surface area (Å²) in [5.74, 6) is 5.73. The third kappa shape index (κ3) is 3.45. The van der Waals surface area contributed by atoms with Crippen LogP contribution in [0.4, 0.5) is 0 Å². The molecule has 4 nitrogen and oxygen atoms in total. The molecule has 0 bridgehead atoms. The zero-order valence-electron chi connectivity index (χ0n) is 11.8. The fourth-order valence-corrected chi connectivity index (χ4v) is 2.95. The maximum Gasteiger partial charge on any atom is 0.0910 e. The molecule has 2 rings (SSSR count). The van der Waals surface area contributed by atoms with Crippen LogP contribution in [0, 0.1) is 0 Å². The molecule has 112 valence electrons. The van der Waals surface area contributed by atoms with E-state index in [0.717, 1.165) is 18.7 Å². The monoisotopic (exact) mass is 317 g/mol. The molecule has 2 unspecified atom stereocenters. The highest BCUT2D eigenvalue weighted by Gasteiger charge is 2.31. The summed E-state index contributed by atoms with van der Waals surface area (Å²) in [5.41, 5.74) is 3.69. The van der Waals surface area contributed by atoms with Crippen molar-refractivity contribution < 1.29 is 4.74 Å². The molecule has 1 aromatic rings. The van der Waals surface area contributed by atoms with Crippen LogP contribution in [-0.2, 0) is 4.74 Å². The highest BCUT2D eigenvalue weighted by atomic mass is 35.5. The molecule has 0 aromatic heterocycles. The first kappa shape index (κ1) is 16.0. The third-order valence-electron chi connectivity index (χ3n) is 3.72. The molecule has 20 heavy (non-hydrogen) atoms. The molecule has 0 radical (unpaired) electrons. The van der Waals surface area contributed by atoms with Gasteiger partial charge < -0.3 is 4.74 Å². The van der Waals surface area contributed by atoms with Crippen LogP contribution in [0.5, 0.6) is 0 Å². The second-order valence-corrected chi connectivity index (χ2v) is 6.07. The molecule has 1 saturated heterocycles. The first-order valence-corrected chi connectivity index (χ1v) is 7.56. The molecule has 2 atom stereocenters. The molecule has 0 saturated carbocycles. The fraction of sp³-hybridized carbons (Fsp3) is 0.571. The van der Waals surface area contributed by atoms with Crippen LogP contribution in [0.25, 0.3) is 0 Å². The fourth-order valence-electron chi connectivity index (χ4n) is 2.53. The average molecular weight is 318 g/mol. The van der Waals surface area contributed by atoms with Crippen molar-refractivity contribution in [2.75, 3.05) is 19.7 Å². The van der Waals surface area contributed by atoms with Crippen molar-refractivity contribution in [1.82, 2.24) is 10.3 Å². The molecule has 1 aliphatic heterocycles. The first-order valence-electron chi connectivity index (χ1n) is 6.80.